The average Bonchev–Trinajstić information content (AvgIpc) is 2.87. The maximum absolute atomic E-state index is 11.9. The van der Waals surface area contributed by atoms with Crippen LogP contribution in [0.2, 0.25) is 0 Å². The molecule has 18 heavy (non-hydrogen) atoms. The molecule has 2 rings (SSSR count). The molecule has 0 spiro atoms. The van der Waals surface area contributed by atoms with Gasteiger partial charge in [-0.05, 0) is 13.8 Å². The van der Waals surface area contributed by atoms with Crippen LogP contribution in [0, 0.1) is 6.92 Å². The Kier molecular flexibility index (Phi) is 5.49. The van der Waals surface area contributed by atoms with E-state index >= 15 is 0 Å². The summed E-state index contributed by atoms with van der Waals surface area (Å²) in [5.41, 5.74) is 2.04. The molecule has 0 aliphatic carbocycles. The van der Waals surface area contributed by atoms with Crippen LogP contribution in [0.1, 0.15) is 24.2 Å². The minimum absolute atomic E-state index is 0. The fraction of sp³-hybridized carbons (Fsp3) is 0.636. The van der Waals surface area contributed by atoms with Crippen molar-refractivity contribution in [2.75, 3.05) is 11.6 Å². The number of hydrogen-bond acceptors (Lipinski definition) is 4. The van der Waals surface area contributed by atoms with E-state index < -0.39 is 0 Å². The molecule has 7 heteroatoms. The van der Waals surface area contributed by atoms with Crippen LogP contribution in [0.4, 0.5) is 0 Å². The summed E-state index contributed by atoms with van der Waals surface area (Å²) in [6.07, 6.45) is 1.96. The number of hydrogen-bond donors (Lipinski definition) is 2. The fourth-order valence-electron chi connectivity index (χ4n) is 2.00. The van der Waals surface area contributed by atoms with Crippen molar-refractivity contribution in [2.24, 2.45) is 7.05 Å². The van der Waals surface area contributed by atoms with Crippen LogP contribution in [0.5, 0.6) is 0 Å². The number of carbonyl (C=O) groups is 1. The molecule has 0 aromatic carbocycles. The molecule has 1 amide bonds. The summed E-state index contributed by atoms with van der Waals surface area (Å²) in [7, 11) is 1.89. The molecule has 5 nitrogen and oxygen atoms in total. The van der Waals surface area contributed by atoms with Crippen molar-refractivity contribution in [3.05, 3.63) is 17.5 Å². The molecule has 1 aromatic rings. The molecule has 2 N–H and O–H groups in total. The largest absolute Gasteiger partial charge is 0.348 e. The van der Waals surface area contributed by atoms with E-state index in [0.717, 1.165) is 22.9 Å². The molecule has 0 radical (unpaired) electrons. The number of rotatable bonds is 3. The van der Waals surface area contributed by atoms with Crippen LogP contribution < -0.4 is 10.6 Å². The zero-order valence-electron chi connectivity index (χ0n) is 10.8. The lowest BCUT2D eigenvalue weighted by Gasteiger charge is -2.16. The van der Waals surface area contributed by atoms with Gasteiger partial charge in [-0.15, -0.1) is 24.2 Å². The van der Waals surface area contributed by atoms with E-state index in [9.17, 15) is 4.79 Å². The van der Waals surface area contributed by atoms with Gasteiger partial charge in [0.2, 0.25) is 5.91 Å². The topological polar surface area (TPSA) is 59.0 Å². The third kappa shape index (κ3) is 3.40. The Hall–Kier alpha value is -0.720. The molecule has 1 aliphatic rings. The summed E-state index contributed by atoms with van der Waals surface area (Å²) < 4.78 is 1.77. The first-order valence-corrected chi connectivity index (χ1v) is 6.85. The van der Waals surface area contributed by atoms with Gasteiger partial charge >= 0.3 is 0 Å². The third-order valence-electron chi connectivity index (χ3n) is 2.91. The molecule has 1 saturated heterocycles. The molecule has 1 aliphatic heterocycles. The lowest BCUT2D eigenvalue weighted by atomic mass is 10.1. The highest BCUT2D eigenvalue weighted by Crippen LogP contribution is 2.16. The van der Waals surface area contributed by atoms with E-state index in [4.69, 9.17) is 0 Å². The van der Waals surface area contributed by atoms with Crippen molar-refractivity contribution in [3.63, 3.8) is 0 Å². The Morgan fingerprint density at radius 2 is 2.44 bits per heavy atom. The Balaban J connectivity index is 0.00000162. The second-order valence-corrected chi connectivity index (χ2v) is 5.38. The zero-order valence-corrected chi connectivity index (χ0v) is 12.4. The van der Waals surface area contributed by atoms with Gasteiger partial charge in [-0.2, -0.15) is 5.10 Å². The van der Waals surface area contributed by atoms with E-state index in [1.54, 1.807) is 16.4 Å². The van der Waals surface area contributed by atoms with Crippen molar-refractivity contribution in [1.82, 2.24) is 20.4 Å². The second kappa shape index (κ2) is 6.45. The van der Waals surface area contributed by atoms with Gasteiger partial charge in [-0.25, -0.2) is 0 Å². The first-order chi connectivity index (χ1) is 8.08. The third-order valence-corrected chi connectivity index (χ3v) is 3.85. The smallest absolute Gasteiger partial charge is 0.238 e. The molecule has 1 aromatic heterocycles. The van der Waals surface area contributed by atoms with Crippen LogP contribution in [-0.4, -0.2) is 33.4 Å². The molecular formula is C11H19ClN4OS. The second-order valence-electron chi connectivity index (χ2n) is 4.35. The van der Waals surface area contributed by atoms with Gasteiger partial charge in [0.05, 0.1) is 17.8 Å². The SMILES string of the molecule is Cc1nn(C)cc1C(C)NC(=O)C1CSCN1.Cl. The number of aromatic nitrogens is 2. The predicted octanol–water partition coefficient (Wildman–Crippen LogP) is 0.990. The molecule has 0 saturated carbocycles. The van der Waals surface area contributed by atoms with E-state index in [0.29, 0.717) is 0 Å². The zero-order chi connectivity index (χ0) is 12.4. The lowest BCUT2D eigenvalue weighted by molar-refractivity contribution is -0.123. The minimum Gasteiger partial charge on any atom is -0.348 e. The highest BCUT2D eigenvalue weighted by molar-refractivity contribution is 7.99. The number of thioether (sulfide) groups is 1. The maximum atomic E-state index is 11.9. The van der Waals surface area contributed by atoms with Gasteiger partial charge in [0.1, 0.15) is 0 Å². The average molecular weight is 291 g/mol. The van der Waals surface area contributed by atoms with Crippen molar-refractivity contribution in [1.29, 1.82) is 0 Å². The number of nitrogens with zero attached hydrogens (tertiary/aromatic N) is 2. The van der Waals surface area contributed by atoms with E-state index in [1.165, 1.54) is 0 Å². The van der Waals surface area contributed by atoms with Gasteiger partial charge in [-0.3, -0.25) is 14.8 Å². The molecular weight excluding hydrogens is 272 g/mol. The molecule has 2 atom stereocenters. The highest BCUT2D eigenvalue weighted by Gasteiger charge is 2.24. The standard InChI is InChI=1S/C11H18N4OS.ClH/c1-7(9-4-15(3)14-8(9)2)13-11(16)10-5-17-6-12-10;/h4,7,10,12H,5-6H2,1-3H3,(H,13,16);1H. The summed E-state index contributed by atoms with van der Waals surface area (Å²) in [6.45, 7) is 3.95. The molecule has 2 heterocycles. The molecule has 102 valence electrons. The number of aryl methyl sites for hydroxylation is 2. The van der Waals surface area contributed by atoms with Crippen LogP contribution >= 0.6 is 24.2 Å². The summed E-state index contributed by atoms with van der Waals surface area (Å²) in [5, 5.41) is 10.5. The first kappa shape index (κ1) is 15.3. The van der Waals surface area contributed by atoms with Crippen LogP contribution in [-0.2, 0) is 11.8 Å². The summed E-state index contributed by atoms with van der Waals surface area (Å²) in [4.78, 5) is 11.9. The Morgan fingerprint density at radius 1 is 1.72 bits per heavy atom. The Labute approximate surface area is 117 Å². The number of carbonyl (C=O) groups excluding carboxylic acids is 1. The summed E-state index contributed by atoms with van der Waals surface area (Å²) >= 11 is 1.75. The van der Waals surface area contributed by atoms with Gasteiger partial charge in [-0.1, -0.05) is 0 Å². The van der Waals surface area contributed by atoms with Gasteiger partial charge in [0.25, 0.3) is 0 Å². The van der Waals surface area contributed by atoms with E-state index in [2.05, 4.69) is 15.7 Å². The normalized spacial score (nSPS) is 20.3. The maximum Gasteiger partial charge on any atom is 0.238 e. The molecule has 2 unspecified atom stereocenters. The van der Waals surface area contributed by atoms with Gasteiger partial charge < -0.3 is 5.32 Å². The molecule has 1 fully saturated rings. The lowest BCUT2D eigenvalue weighted by Crippen LogP contribution is -2.42. The van der Waals surface area contributed by atoms with E-state index in [1.807, 2.05) is 27.1 Å². The van der Waals surface area contributed by atoms with E-state index in [-0.39, 0.29) is 30.4 Å². The number of nitrogens with one attached hydrogen (secondary N) is 2. The fourth-order valence-corrected chi connectivity index (χ4v) is 2.94. The summed E-state index contributed by atoms with van der Waals surface area (Å²) in [5.74, 6) is 1.79. The van der Waals surface area contributed by atoms with Crippen molar-refractivity contribution in [2.45, 2.75) is 25.9 Å². The highest BCUT2D eigenvalue weighted by atomic mass is 35.5. The van der Waals surface area contributed by atoms with Crippen molar-refractivity contribution in [3.8, 4) is 0 Å². The van der Waals surface area contributed by atoms with Crippen LogP contribution in [0.15, 0.2) is 6.20 Å². The first-order valence-electron chi connectivity index (χ1n) is 5.69. The van der Waals surface area contributed by atoms with Crippen molar-refractivity contribution >= 4 is 30.1 Å². The van der Waals surface area contributed by atoms with Crippen molar-refractivity contribution < 1.29 is 4.79 Å². The Bertz CT molecular complexity index is 417. The number of halogens is 1. The number of amides is 1. The molecule has 0 bridgehead atoms. The van der Waals surface area contributed by atoms with Gasteiger partial charge in [0, 0.05) is 30.4 Å². The van der Waals surface area contributed by atoms with Crippen LogP contribution in [0.25, 0.3) is 0 Å². The minimum atomic E-state index is -0.0561. The quantitative estimate of drug-likeness (QED) is 0.872. The van der Waals surface area contributed by atoms with Gasteiger partial charge in [0.15, 0.2) is 0 Å². The predicted molar refractivity (Wildman–Crippen MR) is 76.0 cm³/mol. The van der Waals surface area contributed by atoms with Crippen LogP contribution in [0.3, 0.4) is 0 Å². The Morgan fingerprint density at radius 3 is 2.94 bits per heavy atom. The monoisotopic (exact) mass is 290 g/mol. The summed E-state index contributed by atoms with van der Waals surface area (Å²) in [6, 6.07) is -0.0528.